The third-order valence-electron chi connectivity index (χ3n) is 5.95. The zero-order valence-corrected chi connectivity index (χ0v) is 18.9. The number of nitrogens with one attached hydrogen (secondary N) is 1. The third kappa shape index (κ3) is 5.40. The first-order valence-electron chi connectivity index (χ1n) is 11.2. The second kappa shape index (κ2) is 9.59. The van der Waals surface area contributed by atoms with Crippen molar-refractivity contribution >= 4 is 15.6 Å². The van der Waals surface area contributed by atoms with E-state index in [1.165, 1.54) is 16.8 Å². The second-order valence-corrected chi connectivity index (χ2v) is 10.5. The molecule has 0 spiro atoms. The van der Waals surface area contributed by atoms with Gasteiger partial charge in [0.2, 0.25) is 0 Å². The first-order chi connectivity index (χ1) is 15.0. The summed E-state index contributed by atoms with van der Waals surface area (Å²) < 4.78 is 34.3. The number of aromatic nitrogens is 1. The van der Waals surface area contributed by atoms with Gasteiger partial charge in [-0.05, 0) is 74.4 Å². The molecular formula is C24H32N2O4S. The largest absolute Gasteiger partial charge is 0.491 e. The Morgan fingerprint density at radius 2 is 2.10 bits per heavy atom. The Balaban J connectivity index is 1.59. The van der Waals surface area contributed by atoms with Gasteiger partial charge in [-0.2, -0.15) is 0 Å². The normalized spacial score (nSPS) is 17.9. The van der Waals surface area contributed by atoms with Crippen molar-refractivity contribution in [3.05, 3.63) is 53.9 Å². The monoisotopic (exact) mass is 444 g/mol. The Morgan fingerprint density at radius 1 is 1.26 bits per heavy atom. The summed E-state index contributed by atoms with van der Waals surface area (Å²) in [4.78, 5) is 0.186. The molecule has 2 N–H and O–H groups in total. The van der Waals surface area contributed by atoms with Crippen molar-refractivity contribution < 1.29 is 18.3 Å². The fourth-order valence-electron chi connectivity index (χ4n) is 4.14. The van der Waals surface area contributed by atoms with E-state index in [1.54, 1.807) is 30.5 Å². The topological polar surface area (TPSA) is 80.6 Å². The van der Waals surface area contributed by atoms with E-state index >= 15 is 0 Å². The number of nitrogens with zero attached hydrogens (tertiary/aromatic N) is 1. The summed E-state index contributed by atoms with van der Waals surface area (Å²) in [5.41, 5.74) is 2.77. The number of rotatable bonds is 10. The molecule has 168 valence electrons. The van der Waals surface area contributed by atoms with Gasteiger partial charge in [0.25, 0.3) is 10.0 Å². The van der Waals surface area contributed by atoms with Gasteiger partial charge in [0.15, 0.2) is 0 Å². The van der Waals surface area contributed by atoms with Crippen molar-refractivity contribution in [3.8, 4) is 5.75 Å². The summed E-state index contributed by atoms with van der Waals surface area (Å²) in [6, 6.07) is 8.54. The molecule has 0 bridgehead atoms. The van der Waals surface area contributed by atoms with Crippen LogP contribution in [0.25, 0.3) is 5.57 Å². The van der Waals surface area contributed by atoms with Crippen molar-refractivity contribution in [1.29, 1.82) is 0 Å². The first-order valence-corrected chi connectivity index (χ1v) is 12.6. The van der Waals surface area contributed by atoms with E-state index in [4.69, 9.17) is 4.74 Å². The molecule has 2 aromatic rings. The molecule has 1 saturated carbocycles. The van der Waals surface area contributed by atoms with Crippen LogP contribution in [0.5, 0.6) is 5.75 Å². The Hall–Kier alpha value is -2.09. The van der Waals surface area contributed by atoms with Gasteiger partial charge in [0.05, 0.1) is 16.7 Å². The van der Waals surface area contributed by atoms with E-state index in [1.807, 2.05) is 13.1 Å². The van der Waals surface area contributed by atoms with E-state index in [-0.39, 0.29) is 11.5 Å². The second-order valence-electron chi connectivity index (χ2n) is 8.66. The number of hydrogen-bond acceptors (Lipinski definition) is 5. The summed E-state index contributed by atoms with van der Waals surface area (Å²) in [6.07, 6.45) is 10.5. The van der Waals surface area contributed by atoms with Gasteiger partial charge >= 0.3 is 0 Å². The lowest BCUT2D eigenvalue weighted by Crippen LogP contribution is -2.18. The average Bonchev–Trinajstić information content (AvgIpc) is 3.48. The van der Waals surface area contributed by atoms with Gasteiger partial charge in [-0.1, -0.05) is 25.0 Å². The van der Waals surface area contributed by atoms with Crippen LogP contribution in [0.15, 0.2) is 47.5 Å². The van der Waals surface area contributed by atoms with E-state index in [2.05, 4.69) is 11.4 Å². The fourth-order valence-corrected chi connectivity index (χ4v) is 5.58. The van der Waals surface area contributed by atoms with Crippen LogP contribution in [0.4, 0.5) is 0 Å². The molecule has 0 saturated heterocycles. The van der Waals surface area contributed by atoms with Gasteiger partial charge in [0, 0.05) is 18.8 Å². The molecule has 4 rings (SSSR count). The summed E-state index contributed by atoms with van der Waals surface area (Å²) in [5.74, 6) is 1.07. The molecule has 1 aromatic heterocycles. The van der Waals surface area contributed by atoms with Crippen LogP contribution in [0, 0.1) is 5.92 Å². The third-order valence-corrected chi connectivity index (χ3v) is 7.62. The van der Waals surface area contributed by atoms with Crippen LogP contribution < -0.4 is 10.1 Å². The molecule has 7 heteroatoms. The number of aliphatic hydroxyl groups is 1. The molecule has 1 aromatic carbocycles. The van der Waals surface area contributed by atoms with Crippen molar-refractivity contribution in [2.45, 2.75) is 62.5 Å². The molecule has 2 aliphatic carbocycles. The lowest BCUT2D eigenvalue weighted by Gasteiger charge is -2.17. The molecule has 1 fully saturated rings. The minimum Gasteiger partial charge on any atom is -0.491 e. The Kier molecular flexibility index (Phi) is 6.84. The van der Waals surface area contributed by atoms with Gasteiger partial charge in [-0.3, -0.25) is 0 Å². The molecule has 0 amide bonds. The van der Waals surface area contributed by atoms with E-state index in [0.717, 1.165) is 48.9 Å². The molecule has 1 unspecified atom stereocenters. The quantitative estimate of drug-likeness (QED) is 0.580. The highest BCUT2D eigenvalue weighted by molar-refractivity contribution is 7.90. The molecule has 1 atom stereocenters. The Labute approximate surface area is 185 Å². The molecule has 1 heterocycles. The van der Waals surface area contributed by atoms with Gasteiger partial charge in [-0.15, -0.1) is 0 Å². The highest BCUT2D eigenvalue weighted by Crippen LogP contribution is 2.34. The van der Waals surface area contributed by atoms with Gasteiger partial charge in [-0.25, -0.2) is 12.4 Å². The molecule has 0 radical (unpaired) electrons. The van der Waals surface area contributed by atoms with Crippen molar-refractivity contribution in [3.63, 3.8) is 0 Å². The minimum atomic E-state index is -3.78. The highest BCUT2D eigenvalue weighted by Gasteiger charge is 2.26. The highest BCUT2D eigenvalue weighted by atomic mass is 32.2. The van der Waals surface area contributed by atoms with Crippen LogP contribution >= 0.6 is 0 Å². The van der Waals surface area contributed by atoms with Crippen LogP contribution in [-0.2, 0) is 16.6 Å². The summed E-state index contributed by atoms with van der Waals surface area (Å²) >= 11 is 0. The maximum absolute atomic E-state index is 13.6. The Morgan fingerprint density at radius 3 is 2.81 bits per heavy atom. The van der Waals surface area contributed by atoms with Crippen molar-refractivity contribution in [2.24, 2.45) is 5.92 Å². The lowest BCUT2D eigenvalue weighted by molar-refractivity contribution is 0.0951. The Bertz CT molecular complexity index is 1040. The van der Waals surface area contributed by atoms with Crippen LogP contribution in [0.2, 0.25) is 0 Å². The number of hydrogen-bond donors (Lipinski definition) is 2. The zero-order valence-electron chi connectivity index (χ0n) is 18.1. The van der Waals surface area contributed by atoms with Gasteiger partial charge < -0.3 is 15.2 Å². The fraction of sp³-hybridized carbons (Fsp3) is 0.500. The molecular weight excluding hydrogens is 412 g/mol. The summed E-state index contributed by atoms with van der Waals surface area (Å²) in [7, 11) is -1.93. The maximum atomic E-state index is 13.6. The zero-order chi connectivity index (χ0) is 21.8. The summed E-state index contributed by atoms with van der Waals surface area (Å²) in [5, 5.41) is 13.2. The molecule has 6 nitrogen and oxygen atoms in total. The SMILES string of the molecule is CNCc1cc(C2=CCCCC2)n(S(=O)(=O)c2cccc(OCC(O)CC3CC3)c2)c1. The molecule has 2 aliphatic rings. The van der Waals surface area contributed by atoms with E-state index < -0.39 is 16.1 Å². The number of allylic oxidation sites excluding steroid dienone is 2. The predicted molar refractivity (Wildman–Crippen MR) is 122 cm³/mol. The summed E-state index contributed by atoms with van der Waals surface area (Å²) in [6.45, 7) is 0.777. The first kappa shape index (κ1) is 22.1. The van der Waals surface area contributed by atoms with Gasteiger partial charge in [0.1, 0.15) is 12.4 Å². The molecule has 31 heavy (non-hydrogen) atoms. The minimum absolute atomic E-state index is 0.175. The van der Waals surface area contributed by atoms with Crippen LogP contribution in [0.3, 0.4) is 0 Å². The molecule has 0 aliphatic heterocycles. The van der Waals surface area contributed by atoms with Crippen LogP contribution in [-0.4, -0.2) is 37.3 Å². The lowest BCUT2D eigenvalue weighted by atomic mass is 9.97. The van der Waals surface area contributed by atoms with Crippen molar-refractivity contribution in [2.75, 3.05) is 13.7 Å². The van der Waals surface area contributed by atoms with E-state index in [9.17, 15) is 13.5 Å². The van der Waals surface area contributed by atoms with Crippen molar-refractivity contribution in [1.82, 2.24) is 9.29 Å². The smallest absolute Gasteiger partial charge is 0.268 e. The number of benzene rings is 1. The number of aliphatic hydroxyl groups excluding tert-OH is 1. The van der Waals surface area contributed by atoms with Crippen LogP contribution in [0.1, 0.15) is 56.2 Å². The predicted octanol–water partition coefficient (Wildman–Crippen LogP) is 3.94. The van der Waals surface area contributed by atoms with E-state index in [0.29, 0.717) is 18.2 Å². The maximum Gasteiger partial charge on any atom is 0.268 e. The number of ether oxygens (including phenoxy) is 1. The average molecular weight is 445 g/mol. The standard InChI is InChI=1S/C24H32N2O4S/c1-25-15-19-13-24(20-6-3-2-4-7-20)26(16-19)31(28,29)23-9-5-8-22(14-23)30-17-21(27)12-18-10-11-18/h5-6,8-9,13-14,16,18,21,25,27H,2-4,7,10-12,15,17H2,1H3.